The first-order chi connectivity index (χ1) is 41.0. The minimum atomic E-state index is -0.814. The highest BCUT2D eigenvalue weighted by Crippen LogP contribution is 2.14. The van der Waals surface area contributed by atoms with Gasteiger partial charge in [-0.3, -0.25) is 14.4 Å². The molecule has 0 aromatic carbocycles. The van der Waals surface area contributed by atoms with E-state index in [1.165, 1.54) is 44.9 Å². The molecule has 464 valence electrons. The van der Waals surface area contributed by atoms with Crippen LogP contribution in [0.1, 0.15) is 265 Å². The number of allylic oxidation sites excluding steroid dienone is 30. The fourth-order valence-corrected chi connectivity index (χ4v) is 8.52. The van der Waals surface area contributed by atoms with Gasteiger partial charge in [0.15, 0.2) is 6.10 Å². The Morgan fingerprint density at radius 3 is 0.687 bits per heavy atom. The van der Waals surface area contributed by atoms with Crippen molar-refractivity contribution in [1.82, 2.24) is 0 Å². The summed E-state index contributed by atoms with van der Waals surface area (Å²) in [5.74, 6) is -0.965. The summed E-state index contributed by atoms with van der Waals surface area (Å²) in [7, 11) is 0. The molecule has 0 aromatic heterocycles. The summed E-state index contributed by atoms with van der Waals surface area (Å²) in [6.07, 6.45) is 103. The van der Waals surface area contributed by atoms with Crippen LogP contribution in [-0.4, -0.2) is 37.2 Å². The largest absolute Gasteiger partial charge is 0.462 e. The molecule has 0 aliphatic carbocycles. The average Bonchev–Trinajstić information content (AvgIpc) is 3.49. The van der Waals surface area contributed by atoms with E-state index in [1.807, 2.05) is 0 Å². The van der Waals surface area contributed by atoms with Crippen LogP contribution in [0.15, 0.2) is 182 Å². The van der Waals surface area contributed by atoms with Crippen molar-refractivity contribution in [3.63, 3.8) is 0 Å². The molecule has 83 heavy (non-hydrogen) atoms. The SMILES string of the molecule is CC/C=C\C/C=C\C/C=C\C/C=C\C/C=C\C/C=C\CCCCCCCCCCC(=O)OCC(COC(=O)CCCCC/C=C\C/C=C\C/C=C\CC)OC(=O)CCCCCCCC/C=C\C/C=C\C/C=C\C/C=C\C/C=C\C/C=C\CC. The number of esters is 3. The Labute approximate surface area is 510 Å². The normalized spacial score (nSPS) is 13.3. The number of unbranched alkanes of at least 4 members (excludes halogenated alkanes) is 17. The minimum Gasteiger partial charge on any atom is -0.462 e. The predicted molar refractivity (Wildman–Crippen MR) is 361 cm³/mol. The maximum atomic E-state index is 12.9. The molecule has 0 spiro atoms. The van der Waals surface area contributed by atoms with Gasteiger partial charge in [-0.05, 0) is 154 Å². The maximum absolute atomic E-state index is 12.9. The number of carbonyl (C=O) groups excluding carboxylic acids is 3. The van der Waals surface area contributed by atoms with Crippen molar-refractivity contribution in [3.8, 4) is 0 Å². The van der Waals surface area contributed by atoms with Gasteiger partial charge in [-0.1, -0.05) is 274 Å². The van der Waals surface area contributed by atoms with Gasteiger partial charge in [-0.2, -0.15) is 0 Å². The van der Waals surface area contributed by atoms with Gasteiger partial charge >= 0.3 is 17.9 Å². The summed E-state index contributed by atoms with van der Waals surface area (Å²) < 4.78 is 16.9. The fourth-order valence-electron chi connectivity index (χ4n) is 8.52. The first-order valence-corrected chi connectivity index (χ1v) is 33.3. The Morgan fingerprint density at radius 2 is 0.434 bits per heavy atom. The van der Waals surface area contributed by atoms with E-state index in [2.05, 4.69) is 203 Å². The van der Waals surface area contributed by atoms with Crippen LogP contribution in [0.4, 0.5) is 0 Å². The van der Waals surface area contributed by atoms with Crippen molar-refractivity contribution in [2.24, 2.45) is 0 Å². The van der Waals surface area contributed by atoms with Crippen LogP contribution in [-0.2, 0) is 28.6 Å². The van der Waals surface area contributed by atoms with Crippen LogP contribution < -0.4 is 0 Å². The summed E-state index contributed by atoms with van der Waals surface area (Å²) in [4.78, 5) is 38.4. The Morgan fingerprint density at radius 1 is 0.241 bits per heavy atom. The third-order valence-electron chi connectivity index (χ3n) is 13.4. The van der Waals surface area contributed by atoms with Gasteiger partial charge in [-0.25, -0.2) is 0 Å². The van der Waals surface area contributed by atoms with E-state index in [0.29, 0.717) is 19.3 Å². The van der Waals surface area contributed by atoms with Crippen molar-refractivity contribution in [2.75, 3.05) is 13.2 Å². The highest BCUT2D eigenvalue weighted by molar-refractivity contribution is 5.71. The summed E-state index contributed by atoms with van der Waals surface area (Å²) >= 11 is 0. The van der Waals surface area contributed by atoms with Crippen LogP contribution in [0.5, 0.6) is 0 Å². The minimum absolute atomic E-state index is 0.107. The van der Waals surface area contributed by atoms with Crippen LogP contribution in [0.3, 0.4) is 0 Å². The van der Waals surface area contributed by atoms with E-state index in [1.54, 1.807) is 0 Å². The molecule has 1 unspecified atom stereocenters. The quantitative estimate of drug-likeness (QED) is 0.0261. The fraction of sp³-hybridized carbons (Fsp3) is 0.571. The van der Waals surface area contributed by atoms with Crippen LogP contribution >= 0.6 is 0 Å². The second-order valence-corrected chi connectivity index (χ2v) is 21.2. The zero-order valence-electron chi connectivity index (χ0n) is 53.1. The van der Waals surface area contributed by atoms with Crippen molar-refractivity contribution in [2.45, 2.75) is 271 Å². The lowest BCUT2D eigenvalue weighted by Crippen LogP contribution is -2.30. The summed E-state index contributed by atoms with van der Waals surface area (Å²) in [5, 5.41) is 0. The molecule has 6 nitrogen and oxygen atoms in total. The van der Waals surface area contributed by atoms with E-state index < -0.39 is 6.10 Å². The first-order valence-electron chi connectivity index (χ1n) is 33.3. The molecular weight excluding hydrogens is 1020 g/mol. The second-order valence-electron chi connectivity index (χ2n) is 21.2. The molecule has 0 aliphatic heterocycles. The van der Waals surface area contributed by atoms with Gasteiger partial charge in [0.2, 0.25) is 0 Å². The lowest BCUT2D eigenvalue weighted by molar-refractivity contribution is -0.167. The van der Waals surface area contributed by atoms with Gasteiger partial charge in [0, 0.05) is 19.3 Å². The smallest absolute Gasteiger partial charge is 0.306 e. The van der Waals surface area contributed by atoms with Crippen molar-refractivity contribution in [3.05, 3.63) is 182 Å². The Bertz CT molecular complexity index is 1940. The second kappa shape index (κ2) is 69.0. The number of hydrogen-bond acceptors (Lipinski definition) is 6. The lowest BCUT2D eigenvalue weighted by Gasteiger charge is -2.18. The van der Waals surface area contributed by atoms with Gasteiger partial charge in [0.05, 0.1) is 0 Å². The van der Waals surface area contributed by atoms with Crippen molar-refractivity contribution < 1.29 is 28.6 Å². The Hall–Kier alpha value is -5.49. The highest BCUT2D eigenvalue weighted by atomic mass is 16.6. The van der Waals surface area contributed by atoms with E-state index >= 15 is 0 Å². The van der Waals surface area contributed by atoms with Gasteiger partial charge < -0.3 is 14.2 Å². The van der Waals surface area contributed by atoms with Gasteiger partial charge in [-0.15, -0.1) is 0 Å². The molecule has 0 fully saturated rings. The zero-order chi connectivity index (χ0) is 59.9. The molecule has 0 bridgehead atoms. The third kappa shape index (κ3) is 67.2. The molecule has 0 aliphatic rings. The van der Waals surface area contributed by atoms with Crippen LogP contribution in [0.25, 0.3) is 0 Å². The number of rotatable bonds is 58. The highest BCUT2D eigenvalue weighted by Gasteiger charge is 2.19. The average molecular weight is 1140 g/mol. The third-order valence-corrected chi connectivity index (χ3v) is 13.4. The van der Waals surface area contributed by atoms with Crippen LogP contribution in [0, 0.1) is 0 Å². The standard InChI is InChI=1S/C77H120O6/c1-4-7-10-13-16-19-22-25-27-29-31-33-35-37-38-40-41-43-45-47-49-52-55-58-61-64-67-70-76(79)82-73-74(72-81-75(78)69-66-63-60-57-54-51-24-21-18-15-12-9-6-3)83-77(80)71-68-65-62-59-56-53-50-48-46-44-42-39-36-34-32-30-28-26-23-20-17-14-11-8-5-2/h7-12,16-21,25-28,31-34,37-39,41-43,46,48,51,54,74H,4-6,13-15,22-24,29-30,35-36,40,44-45,47,49-50,52-53,55-73H2,1-3H3/b10-7-,11-8-,12-9-,19-16-,20-17-,21-18-,27-25-,28-26-,33-31-,34-32-,38-37-,42-39-,43-41-,48-46-,54-51-. The molecule has 0 rings (SSSR count). The Balaban J connectivity index is 4.43. The molecule has 0 aromatic rings. The zero-order valence-corrected chi connectivity index (χ0v) is 53.1. The molecule has 0 heterocycles. The maximum Gasteiger partial charge on any atom is 0.306 e. The van der Waals surface area contributed by atoms with E-state index in [-0.39, 0.29) is 31.1 Å². The van der Waals surface area contributed by atoms with Crippen LogP contribution in [0.2, 0.25) is 0 Å². The molecule has 6 heteroatoms. The summed E-state index contributed by atoms with van der Waals surface area (Å²) in [6, 6.07) is 0. The summed E-state index contributed by atoms with van der Waals surface area (Å²) in [5.41, 5.74) is 0. The molecule has 0 saturated carbocycles. The van der Waals surface area contributed by atoms with E-state index in [9.17, 15) is 14.4 Å². The molecule has 0 radical (unpaired) electrons. The molecule has 1 atom stereocenters. The van der Waals surface area contributed by atoms with Crippen molar-refractivity contribution in [1.29, 1.82) is 0 Å². The summed E-state index contributed by atoms with van der Waals surface area (Å²) in [6.45, 7) is 6.25. The number of carbonyl (C=O) groups is 3. The van der Waals surface area contributed by atoms with Crippen molar-refractivity contribution >= 4 is 17.9 Å². The monoisotopic (exact) mass is 1140 g/mol. The van der Waals surface area contributed by atoms with E-state index in [0.717, 1.165) is 180 Å². The molecular formula is C77H120O6. The van der Waals surface area contributed by atoms with Gasteiger partial charge in [0.25, 0.3) is 0 Å². The number of hydrogen-bond donors (Lipinski definition) is 0. The van der Waals surface area contributed by atoms with E-state index in [4.69, 9.17) is 14.2 Å². The predicted octanol–water partition coefficient (Wildman–Crippen LogP) is 23.2. The molecule has 0 N–H and O–H groups in total. The molecule has 0 amide bonds. The molecule has 0 saturated heterocycles. The number of ether oxygens (including phenoxy) is 3. The topological polar surface area (TPSA) is 78.9 Å². The Kier molecular flexibility index (Phi) is 64.4. The lowest BCUT2D eigenvalue weighted by atomic mass is 10.1. The first kappa shape index (κ1) is 77.5. The van der Waals surface area contributed by atoms with Gasteiger partial charge in [0.1, 0.15) is 13.2 Å².